The first kappa shape index (κ1) is 11.1. The third-order valence-electron chi connectivity index (χ3n) is 3.45. The fraction of sp³-hybridized carbons (Fsp3) is 0.267. The van der Waals surface area contributed by atoms with E-state index in [1.807, 2.05) is 0 Å². The number of nitrogens with zero attached hydrogens (tertiary/aromatic N) is 1. The van der Waals surface area contributed by atoms with Gasteiger partial charge in [0.15, 0.2) is 29.9 Å². The quantitative estimate of drug-likeness (QED) is 0.641. The molecule has 18 heavy (non-hydrogen) atoms. The maximum atomic E-state index is 5.36. The number of fused-ring (bicyclic) bond motifs is 2. The van der Waals surface area contributed by atoms with Gasteiger partial charge in [-0.15, -0.1) is 0 Å². The minimum atomic E-state index is 0.802. The van der Waals surface area contributed by atoms with Gasteiger partial charge in [-0.05, 0) is 17.7 Å². The summed E-state index contributed by atoms with van der Waals surface area (Å²) >= 11 is 0. The van der Waals surface area contributed by atoms with E-state index in [0.29, 0.717) is 0 Å². The highest BCUT2D eigenvalue weighted by Crippen LogP contribution is 2.32. The highest BCUT2D eigenvalue weighted by molar-refractivity contribution is 5.48. The second-order valence-electron chi connectivity index (χ2n) is 4.47. The van der Waals surface area contributed by atoms with Crippen molar-refractivity contribution in [2.24, 2.45) is 0 Å². The van der Waals surface area contributed by atoms with Crippen LogP contribution in [0.15, 0.2) is 36.5 Å². The summed E-state index contributed by atoms with van der Waals surface area (Å²) in [6.45, 7) is 0.895. The van der Waals surface area contributed by atoms with E-state index in [9.17, 15) is 0 Å². The zero-order valence-electron chi connectivity index (χ0n) is 10.6. The third-order valence-corrected chi connectivity index (χ3v) is 3.45. The normalized spacial score (nSPS) is 12.6. The number of benzene rings is 1. The summed E-state index contributed by atoms with van der Waals surface area (Å²) in [5.74, 6) is 1.61. The van der Waals surface area contributed by atoms with Crippen LogP contribution in [0.2, 0.25) is 0 Å². The number of hydrogen-bond acceptors (Lipinski definition) is 2. The number of ether oxygens (including phenoxy) is 2. The average Bonchev–Trinajstić information content (AvgIpc) is 2.43. The van der Waals surface area contributed by atoms with E-state index >= 15 is 0 Å². The monoisotopic (exact) mass is 242 g/mol. The van der Waals surface area contributed by atoms with Crippen molar-refractivity contribution in [1.82, 2.24) is 0 Å². The van der Waals surface area contributed by atoms with Gasteiger partial charge < -0.3 is 9.47 Å². The Labute approximate surface area is 107 Å². The molecule has 0 spiro atoms. The lowest BCUT2D eigenvalue weighted by Crippen LogP contribution is -2.41. The molecule has 2 heterocycles. The SMILES string of the molecule is COc1cc2c(cc1OC)C[n+]1ccccc1C2. The molecule has 92 valence electrons. The topological polar surface area (TPSA) is 22.3 Å². The predicted octanol–water partition coefficient (Wildman–Crippen LogP) is 1.94. The molecule has 1 aromatic heterocycles. The number of pyridine rings is 1. The van der Waals surface area contributed by atoms with E-state index < -0.39 is 0 Å². The highest BCUT2D eigenvalue weighted by atomic mass is 16.5. The highest BCUT2D eigenvalue weighted by Gasteiger charge is 2.23. The molecular weight excluding hydrogens is 226 g/mol. The molecule has 0 atom stereocenters. The van der Waals surface area contributed by atoms with Crippen molar-refractivity contribution in [3.05, 3.63) is 53.3 Å². The van der Waals surface area contributed by atoms with Crippen molar-refractivity contribution in [3.8, 4) is 11.5 Å². The zero-order valence-corrected chi connectivity index (χ0v) is 10.6. The van der Waals surface area contributed by atoms with Crippen molar-refractivity contribution in [2.75, 3.05) is 14.2 Å². The lowest BCUT2D eigenvalue weighted by Gasteiger charge is -2.17. The Morgan fingerprint density at radius 2 is 1.72 bits per heavy atom. The summed E-state index contributed by atoms with van der Waals surface area (Å²) in [7, 11) is 3.35. The largest absolute Gasteiger partial charge is 0.493 e. The van der Waals surface area contributed by atoms with Crippen LogP contribution in [-0.4, -0.2) is 14.2 Å². The predicted molar refractivity (Wildman–Crippen MR) is 68.1 cm³/mol. The standard InChI is InChI=1S/C15H16NO2/c1-17-14-8-11-7-13-5-3-4-6-16(13)10-12(11)9-15(14)18-2/h3-6,8-9H,7,10H2,1-2H3/q+1. The molecule has 0 saturated heterocycles. The smallest absolute Gasteiger partial charge is 0.186 e. The van der Waals surface area contributed by atoms with Gasteiger partial charge in [0.1, 0.15) is 0 Å². The summed E-state index contributed by atoms with van der Waals surface area (Å²) in [6.07, 6.45) is 3.06. The van der Waals surface area contributed by atoms with Crippen molar-refractivity contribution in [2.45, 2.75) is 13.0 Å². The van der Waals surface area contributed by atoms with Crippen molar-refractivity contribution in [1.29, 1.82) is 0 Å². The van der Waals surface area contributed by atoms with E-state index in [1.165, 1.54) is 16.8 Å². The van der Waals surface area contributed by atoms with Gasteiger partial charge in [0, 0.05) is 17.7 Å². The Morgan fingerprint density at radius 1 is 1.00 bits per heavy atom. The molecule has 3 heteroatoms. The van der Waals surface area contributed by atoms with Gasteiger partial charge in [-0.2, -0.15) is 4.57 Å². The van der Waals surface area contributed by atoms with Gasteiger partial charge in [0.05, 0.1) is 20.6 Å². The molecular formula is C15H16NO2+. The Balaban J connectivity index is 2.07. The summed E-state index contributed by atoms with van der Waals surface area (Å²) in [5.41, 5.74) is 3.95. The fourth-order valence-electron chi connectivity index (χ4n) is 2.48. The number of methoxy groups -OCH3 is 2. The summed E-state index contributed by atoms with van der Waals surface area (Å²) in [4.78, 5) is 0. The first-order valence-corrected chi connectivity index (χ1v) is 6.03. The molecule has 2 aromatic rings. The minimum absolute atomic E-state index is 0.802. The molecule has 3 rings (SSSR count). The number of rotatable bonds is 2. The van der Waals surface area contributed by atoms with Crippen molar-refractivity contribution in [3.63, 3.8) is 0 Å². The molecule has 0 fully saturated rings. The van der Waals surface area contributed by atoms with Crippen LogP contribution in [0.4, 0.5) is 0 Å². The molecule has 0 N–H and O–H groups in total. The molecule has 0 bridgehead atoms. The summed E-state index contributed by atoms with van der Waals surface area (Å²) in [6, 6.07) is 10.5. The van der Waals surface area contributed by atoms with Gasteiger partial charge in [0.25, 0.3) is 0 Å². The van der Waals surface area contributed by atoms with Crippen LogP contribution in [0, 0.1) is 0 Å². The second kappa shape index (κ2) is 4.33. The summed E-state index contributed by atoms with van der Waals surface area (Å²) < 4.78 is 13.0. The van der Waals surface area contributed by atoms with Crippen LogP contribution < -0.4 is 14.0 Å². The molecule has 3 nitrogen and oxygen atoms in total. The maximum absolute atomic E-state index is 5.36. The van der Waals surface area contributed by atoms with E-state index in [-0.39, 0.29) is 0 Å². The Hall–Kier alpha value is -2.03. The first-order chi connectivity index (χ1) is 8.81. The first-order valence-electron chi connectivity index (χ1n) is 6.03. The Kier molecular flexibility index (Phi) is 2.67. The maximum Gasteiger partial charge on any atom is 0.186 e. The lowest BCUT2D eigenvalue weighted by atomic mass is 9.97. The van der Waals surface area contributed by atoms with Crippen LogP contribution >= 0.6 is 0 Å². The molecule has 0 aliphatic carbocycles. The Bertz CT molecular complexity index is 541. The van der Waals surface area contributed by atoms with E-state index in [4.69, 9.17) is 9.47 Å². The van der Waals surface area contributed by atoms with Crippen LogP contribution in [0.1, 0.15) is 16.8 Å². The third kappa shape index (κ3) is 1.72. The van der Waals surface area contributed by atoms with Gasteiger partial charge >= 0.3 is 0 Å². The van der Waals surface area contributed by atoms with Crippen molar-refractivity contribution >= 4 is 0 Å². The molecule has 1 aromatic carbocycles. The van der Waals surface area contributed by atoms with Crippen LogP contribution in [-0.2, 0) is 13.0 Å². The Morgan fingerprint density at radius 3 is 2.44 bits per heavy atom. The molecule has 0 saturated carbocycles. The number of aromatic nitrogens is 1. The van der Waals surface area contributed by atoms with E-state index in [2.05, 4.69) is 41.1 Å². The van der Waals surface area contributed by atoms with Crippen molar-refractivity contribution < 1.29 is 14.0 Å². The molecule has 0 amide bonds. The minimum Gasteiger partial charge on any atom is -0.493 e. The van der Waals surface area contributed by atoms with Crippen LogP contribution in [0.5, 0.6) is 11.5 Å². The van der Waals surface area contributed by atoms with Gasteiger partial charge in [0.2, 0.25) is 0 Å². The zero-order chi connectivity index (χ0) is 12.5. The second-order valence-corrected chi connectivity index (χ2v) is 4.47. The molecule has 1 aliphatic rings. The number of hydrogen-bond donors (Lipinski definition) is 0. The fourth-order valence-corrected chi connectivity index (χ4v) is 2.48. The van der Waals surface area contributed by atoms with Crippen LogP contribution in [0.25, 0.3) is 0 Å². The molecule has 0 radical (unpaired) electrons. The average molecular weight is 242 g/mol. The van der Waals surface area contributed by atoms with E-state index in [0.717, 1.165) is 24.5 Å². The van der Waals surface area contributed by atoms with Gasteiger partial charge in [-0.3, -0.25) is 0 Å². The van der Waals surface area contributed by atoms with Gasteiger partial charge in [-0.1, -0.05) is 6.07 Å². The molecule has 1 aliphatic heterocycles. The van der Waals surface area contributed by atoms with E-state index in [1.54, 1.807) is 14.2 Å². The summed E-state index contributed by atoms with van der Waals surface area (Å²) in [5, 5.41) is 0. The van der Waals surface area contributed by atoms with Crippen LogP contribution in [0.3, 0.4) is 0 Å². The lowest BCUT2D eigenvalue weighted by molar-refractivity contribution is -0.697. The van der Waals surface area contributed by atoms with Gasteiger partial charge in [-0.25, -0.2) is 0 Å². The molecule has 0 unspecified atom stereocenters.